The maximum absolute atomic E-state index is 3.57. The number of rotatable bonds is 7. The minimum atomic E-state index is 0.450. The van der Waals surface area contributed by atoms with Gasteiger partial charge in [0.25, 0.3) is 0 Å². The molecule has 2 saturated heterocycles. The topological polar surface area (TPSA) is 18.5 Å². The summed E-state index contributed by atoms with van der Waals surface area (Å²) >= 11 is 0. The van der Waals surface area contributed by atoms with Gasteiger partial charge in [-0.15, -0.1) is 0 Å². The Morgan fingerprint density at radius 1 is 1.21 bits per heavy atom. The van der Waals surface area contributed by atoms with Gasteiger partial charge < -0.3 is 5.32 Å². The lowest BCUT2D eigenvalue weighted by atomic mass is 9.84. The molecule has 0 saturated carbocycles. The SMILES string of the molecule is CCCC(C)(CNCC)CN1CCN2CCCC2C1. The van der Waals surface area contributed by atoms with Crippen molar-refractivity contribution in [2.45, 2.75) is 52.5 Å². The van der Waals surface area contributed by atoms with Crippen LogP contribution in [0.4, 0.5) is 0 Å². The first-order valence-corrected chi connectivity index (χ1v) is 8.34. The normalized spacial score (nSPS) is 28.3. The molecule has 2 fully saturated rings. The lowest BCUT2D eigenvalue weighted by Gasteiger charge is -2.42. The number of hydrogen-bond acceptors (Lipinski definition) is 3. The standard InChI is InChI=1S/C16H33N3/c1-4-8-16(3,13-17-5-2)14-18-10-11-19-9-6-7-15(19)12-18/h15,17H,4-14H2,1-3H3. The Labute approximate surface area is 119 Å². The van der Waals surface area contributed by atoms with Gasteiger partial charge in [-0.25, -0.2) is 0 Å². The second-order valence-corrected chi connectivity index (χ2v) is 6.91. The molecule has 2 aliphatic heterocycles. The average Bonchev–Trinajstić information content (AvgIpc) is 2.84. The molecular weight excluding hydrogens is 234 g/mol. The molecule has 0 aromatic carbocycles. The fourth-order valence-corrected chi connectivity index (χ4v) is 3.99. The van der Waals surface area contributed by atoms with Crippen molar-refractivity contribution < 1.29 is 0 Å². The lowest BCUT2D eigenvalue weighted by molar-refractivity contribution is 0.0659. The molecule has 0 aliphatic carbocycles. The fourth-order valence-electron chi connectivity index (χ4n) is 3.99. The molecule has 0 bridgehead atoms. The van der Waals surface area contributed by atoms with Crippen molar-refractivity contribution in [3.8, 4) is 0 Å². The molecule has 19 heavy (non-hydrogen) atoms. The molecule has 112 valence electrons. The average molecular weight is 267 g/mol. The Morgan fingerprint density at radius 2 is 2.05 bits per heavy atom. The van der Waals surface area contributed by atoms with E-state index in [1.54, 1.807) is 0 Å². The highest BCUT2D eigenvalue weighted by Crippen LogP contribution is 2.27. The van der Waals surface area contributed by atoms with E-state index in [2.05, 4.69) is 35.9 Å². The van der Waals surface area contributed by atoms with Crippen LogP contribution in [0.15, 0.2) is 0 Å². The largest absolute Gasteiger partial charge is 0.316 e. The van der Waals surface area contributed by atoms with Crippen molar-refractivity contribution in [3.05, 3.63) is 0 Å². The maximum atomic E-state index is 3.57. The summed E-state index contributed by atoms with van der Waals surface area (Å²) in [7, 11) is 0. The van der Waals surface area contributed by atoms with E-state index in [9.17, 15) is 0 Å². The molecule has 2 rings (SSSR count). The van der Waals surface area contributed by atoms with E-state index in [0.29, 0.717) is 5.41 Å². The lowest BCUT2D eigenvalue weighted by Crippen LogP contribution is -2.53. The van der Waals surface area contributed by atoms with Crippen LogP contribution in [0, 0.1) is 5.41 Å². The Bertz CT molecular complexity index is 269. The molecule has 0 spiro atoms. The number of hydrogen-bond donors (Lipinski definition) is 1. The molecular formula is C16H33N3. The first-order valence-electron chi connectivity index (χ1n) is 8.34. The van der Waals surface area contributed by atoms with Gasteiger partial charge in [-0.2, -0.15) is 0 Å². The van der Waals surface area contributed by atoms with Gasteiger partial charge >= 0.3 is 0 Å². The van der Waals surface area contributed by atoms with Gasteiger partial charge in [0.1, 0.15) is 0 Å². The number of nitrogens with one attached hydrogen (secondary N) is 1. The minimum Gasteiger partial charge on any atom is -0.316 e. The smallest absolute Gasteiger partial charge is 0.0224 e. The van der Waals surface area contributed by atoms with Gasteiger partial charge in [-0.05, 0) is 37.8 Å². The van der Waals surface area contributed by atoms with Crippen LogP contribution < -0.4 is 5.32 Å². The van der Waals surface area contributed by atoms with Crippen molar-refractivity contribution in [2.75, 3.05) is 45.8 Å². The van der Waals surface area contributed by atoms with Crippen molar-refractivity contribution in [3.63, 3.8) is 0 Å². The van der Waals surface area contributed by atoms with Gasteiger partial charge in [0.05, 0.1) is 0 Å². The zero-order valence-electron chi connectivity index (χ0n) is 13.2. The van der Waals surface area contributed by atoms with Gasteiger partial charge in [-0.1, -0.05) is 27.2 Å². The molecule has 2 atom stereocenters. The third-order valence-corrected chi connectivity index (χ3v) is 4.93. The van der Waals surface area contributed by atoms with Gasteiger partial charge in [0.15, 0.2) is 0 Å². The second kappa shape index (κ2) is 7.05. The van der Waals surface area contributed by atoms with Crippen LogP contribution in [0.1, 0.15) is 46.5 Å². The molecule has 0 amide bonds. The van der Waals surface area contributed by atoms with Crippen molar-refractivity contribution in [2.24, 2.45) is 5.41 Å². The Morgan fingerprint density at radius 3 is 2.79 bits per heavy atom. The summed E-state index contributed by atoms with van der Waals surface area (Å²) in [5, 5.41) is 3.57. The maximum Gasteiger partial charge on any atom is 0.0224 e. The Kier molecular flexibility index (Phi) is 5.67. The number of fused-ring (bicyclic) bond motifs is 1. The second-order valence-electron chi connectivity index (χ2n) is 6.91. The van der Waals surface area contributed by atoms with E-state index in [-0.39, 0.29) is 0 Å². The molecule has 3 nitrogen and oxygen atoms in total. The zero-order chi connectivity index (χ0) is 13.7. The van der Waals surface area contributed by atoms with Crippen LogP contribution in [0.25, 0.3) is 0 Å². The first kappa shape index (κ1) is 15.3. The van der Waals surface area contributed by atoms with Gasteiger partial charge in [0.2, 0.25) is 0 Å². The summed E-state index contributed by atoms with van der Waals surface area (Å²) in [6.07, 6.45) is 5.48. The third-order valence-electron chi connectivity index (χ3n) is 4.93. The molecule has 0 radical (unpaired) electrons. The molecule has 2 aliphatic rings. The van der Waals surface area contributed by atoms with Crippen molar-refractivity contribution in [1.29, 1.82) is 0 Å². The molecule has 0 aromatic heterocycles. The molecule has 2 heterocycles. The predicted octanol–water partition coefficient (Wildman–Crippen LogP) is 2.18. The zero-order valence-corrected chi connectivity index (χ0v) is 13.2. The molecule has 2 unspecified atom stereocenters. The molecule has 3 heteroatoms. The van der Waals surface area contributed by atoms with Crippen molar-refractivity contribution >= 4 is 0 Å². The van der Waals surface area contributed by atoms with E-state index in [1.165, 1.54) is 65.0 Å². The summed E-state index contributed by atoms with van der Waals surface area (Å²) in [6.45, 7) is 15.8. The number of piperazine rings is 1. The quantitative estimate of drug-likeness (QED) is 0.763. The minimum absolute atomic E-state index is 0.450. The monoisotopic (exact) mass is 267 g/mol. The summed E-state index contributed by atoms with van der Waals surface area (Å²) in [5.41, 5.74) is 0.450. The van der Waals surface area contributed by atoms with E-state index >= 15 is 0 Å². The fraction of sp³-hybridized carbons (Fsp3) is 1.00. The highest BCUT2D eigenvalue weighted by molar-refractivity contribution is 4.90. The molecule has 1 N–H and O–H groups in total. The Hall–Kier alpha value is -0.120. The summed E-state index contributed by atoms with van der Waals surface area (Å²) < 4.78 is 0. The van der Waals surface area contributed by atoms with E-state index in [1.807, 2.05) is 0 Å². The Balaban J connectivity index is 1.86. The summed E-state index contributed by atoms with van der Waals surface area (Å²) in [6, 6.07) is 0.860. The highest BCUT2D eigenvalue weighted by atomic mass is 15.3. The van der Waals surface area contributed by atoms with Crippen molar-refractivity contribution in [1.82, 2.24) is 15.1 Å². The van der Waals surface area contributed by atoms with E-state index in [0.717, 1.165) is 12.6 Å². The van der Waals surface area contributed by atoms with E-state index < -0.39 is 0 Å². The summed E-state index contributed by atoms with van der Waals surface area (Å²) in [4.78, 5) is 5.44. The predicted molar refractivity (Wildman–Crippen MR) is 82.6 cm³/mol. The van der Waals surface area contributed by atoms with Crippen LogP contribution >= 0.6 is 0 Å². The van der Waals surface area contributed by atoms with Gasteiger partial charge in [0, 0.05) is 38.8 Å². The molecule has 0 aromatic rings. The van der Waals surface area contributed by atoms with E-state index in [4.69, 9.17) is 0 Å². The van der Waals surface area contributed by atoms with Crippen LogP contribution in [0.2, 0.25) is 0 Å². The van der Waals surface area contributed by atoms with Crippen LogP contribution in [0.3, 0.4) is 0 Å². The van der Waals surface area contributed by atoms with Gasteiger partial charge in [-0.3, -0.25) is 9.80 Å². The van der Waals surface area contributed by atoms with Crippen LogP contribution in [0.5, 0.6) is 0 Å². The third kappa shape index (κ3) is 4.17. The van der Waals surface area contributed by atoms with Crippen LogP contribution in [-0.4, -0.2) is 61.7 Å². The number of nitrogens with zero attached hydrogens (tertiary/aromatic N) is 2. The summed E-state index contributed by atoms with van der Waals surface area (Å²) in [5.74, 6) is 0. The first-order chi connectivity index (χ1) is 9.17. The van der Waals surface area contributed by atoms with Crippen LogP contribution in [-0.2, 0) is 0 Å². The highest BCUT2D eigenvalue weighted by Gasteiger charge is 2.33.